The smallest absolute Gasteiger partial charge is 0.0490 e. The van der Waals surface area contributed by atoms with Crippen LogP contribution in [0, 0.1) is 0 Å². The highest BCUT2D eigenvalue weighted by Crippen LogP contribution is 2.39. The second-order valence-corrected chi connectivity index (χ2v) is 4.70. The molecule has 0 saturated heterocycles. The molecule has 1 heterocycles. The Bertz CT molecular complexity index is 455. The summed E-state index contributed by atoms with van der Waals surface area (Å²) in [4.78, 5) is 0. The topological polar surface area (TPSA) is 40.7 Å². The van der Waals surface area contributed by atoms with Crippen LogP contribution in [0.1, 0.15) is 35.6 Å². The van der Waals surface area contributed by atoms with E-state index in [0.717, 1.165) is 24.7 Å². The SMILES string of the molecule is c1cc(CNCc2ccc(C3CC3)cc2)[nH]n1. The number of H-pyrrole nitrogens is 1. The minimum Gasteiger partial charge on any atom is -0.307 e. The van der Waals surface area contributed by atoms with Gasteiger partial charge in [-0.25, -0.2) is 0 Å². The Hall–Kier alpha value is -1.61. The molecule has 3 heteroatoms. The highest BCUT2D eigenvalue weighted by Gasteiger charge is 2.22. The van der Waals surface area contributed by atoms with Crippen molar-refractivity contribution in [2.75, 3.05) is 0 Å². The Morgan fingerprint density at radius 3 is 2.59 bits per heavy atom. The number of rotatable bonds is 5. The van der Waals surface area contributed by atoms with E-state index in [1.54, 1.807) is 6.20 Å². The van der Waals surface area contributed by atoms with Crippen LogP contribution in [-0.2, 0) is 13.1 Å². The van der Waals surface area contributed by atoms with Crippen molar-refractivity contribution in [3.8, 4) is 0 Å². The molecule has 0 radical (unpaired) electrons. The van der Waals surface area contributed by atoms with Gasteiger partial charge < -0.3 is 5.32 Å². The van der Waals surface area contributed by atoms with Crippen LogP contribution in [0.4, 0.5) is 0 Å². The summed E-state index contributed by atoms with van der Waals surface area (Å²) in [6, 6.07) is 11.0. The molecule has 0 aliphatic heterocycles. The molecule has 1 fully saturated rings. The summed E-state index contributed by atoms with van der Waals surface area (Å²) in [7, 11) is 0. The van der Waals surface area contributed by atoms with E-state index in [1.165, 1.54) is 24.0 Å². The second-order valence-electron chi connectivity index (χ2n) is 4.70. The lowest BCUT2D eigenvalue weighted by Crippen LogP contribution is -2.12. The molecule has 1 aliphatic carbocycles. The fourth-order valence-electron chi connectivity index (χ4n) is 2.05. The third kappa shape index (κ3) is 2.74. The standard InChI is InChI=1S/C14H17N3/c1-3-12(13-5-6-13)4-2-11(1)9-15-10-14-7-8-16-17-14/h1-4,7-8,13,15H,5-6,9-10H2,(H,16,17). The largest absolute Gasteiger partial charge is 0.307 e. The maximum atomic E-state index is 3.92. The number of nitrogens with zero attached hydrogens (tertiary/aromatic N) is 1. The van der Waals surface area contributed by atoms with Gasteiger partial charge in [-0.3, -0.25) is 5.10 Å². The molecule has 0 atom stereocenters. The van der Waals surface area contributed by atoms with Crippen molar-refractivity contribution in [2.45, 2.75) is 31.8 Å². The Morgan fingerprint density at radius 2 is 1.94 bits per heavy atom. The van der Waals surface area contributed by atoms with Crippen LogP contribution in [0.2, 0.25) is 0 Å². The first-order valence-electron chi connectivity index (χ1n) is 6.19. The highest BCUT2D eigenvalue weighted by molar-refractivity contribution is 5.27. The molecule has 2 N–H and O–H groups in total. The molecular formula is C14H17N3. The number of aromatic nitrogens is 2. The van der Waals surface area contributed by atoms with Crippen LogP contribution in [0.5, 0.6) is 0 Å². The van der Waals surface area contributed by atoms with E-state index in [2.05, 4.69) is 39.8 Å². The van der Waals surface area contributed by atoms with Crippen LogP contribution in [0.15, 0.2) is 36.5 Å². The van der Waals surface area contributed by atoms with Gasteiger partial charge >= 0.3 is 0 Å². The number of hydrogen-bond acceptors (Lipinski definition) is 2. The predicted molar refractivity (Wildman–Crippen MR) is 67.5 cm³/mol. The molecule has 0 unspecified atom stereocenters. The second kappa shape index (κ2) is 4.72. The molecule has 3 rings (SSSR count). The van der Waals surface area contributed by atoms with Crippen LogP contribution < -0.4 is 5.32 Å². The van der Waals surface area contributed by atoms with Gasteiger partial charge in [-0.1, -0.05) is 24.3 Å². The monoisotopic (exact) mass is 227 g/mol. The van der Waals surface area contributed by atoms with E-state index in [1.807, 2.05) is 6.07 Å². The quantitative estimate of drug-likeness (QED) is 0.824. The number of hydrogen-bond donors (Lipinski definition) is 2. The fraction of sp³-hybridized carbons (Fsp3) is 0.357. The molecular weight excluding hydrogens is 210 g/mol. The minimum atomic E-state index is 0.838. The first-order valence-corrected chi connectivity index (χ1v) is 6.19. The van der Waals surface area contributed by atoms with Gasteiger partial charge in [0, 0.05) is 25.0 Å². The molecule has 1 aliphatic rings. The molecule has 0 amide bonds. The molecule has 17 heavy (non-hydrogen) atoms. The summed E-state index contributed by atoms with van der Waals surface area (Å²) in [6.45, 7) is 1.74. The fourth-order valence-corrected chi connectivity index (χ4v) is 2.05. The van der Waals surface area contributed by atoms with Crippen molar-refractivity contribution < 1.29 is 0 Å². The lowest BCUT2D eigenvalue weighted by molar-refractivity contribution is 0.677. The Labute approximate surface area is 101 Å². The summed E-state index contributed by atoms with van der Waals surface area (Å²) in [6.07, 6.45) is 4.52. The van der Waals surface area contributed by atoms with Gasteiger partial charge in [0.1, 0.15) is 0 Å². The minimum absolute atomic E-state index is 0.838. The molecule has 88 valence electrons. The maximum Gasteiger partial charge on any atom is 0.0490 e. The molecule has 1 aromatic carbocycles. The van der Waals surface area contributed by atoms with Crippen molar-refractivity contribution >= 4 is 0 Å². The summed E-state index contributed by atoms with van der Waals surface area (Å²) in [5, 5.41) is 10.3. The number of benzene rings is 1. The van der Waals surface area contributed by atoms with Crippen molar-refractivity contribution in [1.82, 2.24) is 15.5 Å². The zero-order valence-corrected chi connectivity index (χ0v) is 9.82. The van der Waals surface area contributed by atoms with Crippen LogP contribution in [0.3, 0.4) is 0 Å². The molecule has 0 bridgehead atoms. The van der Waals surface area contributed by atoms with Gasteiger partial charge in [0.25, 0.3) is 0 Å². The third-order valence-corrected chi connectivity index (χ3v) is 3.23. The first-order chi connectivity index (χ1) is 8.42. The summed E-state index contributed by atoms with van der Waals surface area (Å²) >= 11 is 0. The molecule has 1 aromatic heterocycles. The van der Waals surface area contributed by atoms with E-state index >= 15 is 0 Å². The predicted octanol–water partition coefficient (Wildman–Crippen LogP) is 2.58. The average Bonchev–Trinajstić information content (AvgIpc) is 3.08. The summed E-state index contributed by atoms with van der Waals surface area (Å²) in [5.41, 5.74) is 3.97. The van der Waals surface area contributed by atoms with E-state index in [4.69, 9.17) is 0 Å². The maximum absolute atomic E-state index is 3.92. The van der Waals surface area contributed by atoms with Crippen molar-refractivity contribution in [2.24, 2.45) is 0 Å². The van der Waals surface area contributed by atoms with E-state index in [-0.39, 0.29) is 0 Å². The van der Waals surface area contributed by atoms with Crippen LogP contribution in [0.25, 0.3) is 0 Å². The lowest BCUT2D eigenvalue weighted by Gasteiger charge is -2.04. The van der Waals surface area contributed by atoms with Crippen molar-refractivity contribution in [3.63, 3.8) is 0 Å². The Morgan fingerprint density at radius 1 is 1.12 bits per heavy atom. The Balaban J connectivity index is 1.51. The zero-order chi connectivity index (χ0) is 11.5. The average molecular weight is 227 g/mol. The van der Waals surface area contributed by atoms with Gasteiger partial charge in [0.05, 0.1) is 0 Å². The Kier molecular flexibility index (Phi) is 2.92. The lowest BCUT2D eigenvalue weighted by atomic mass is 10.1. The number of aromatic amines is 1. The van der Waals surface area contributed by atoms with Gasteiger partial charge in [-0.2, -0.15) is 5.10 Å². The van der Waals surface area contributed by atoms with Gasteiger partial charge in [-0.15, -0.1) is 0 Å². The van der Waals surface area contributed by atoms with Crippen LogP contribution in [-0.4, -0.2) is 10.2 Å². The summed E-state index contributed by atoms with van der Waals surface area (Å²) in [5.74, 6) is 0.849. The summed E-state index contributed by atoms with van der Waals surface area (Å²) < 4.78 is 0. The number of nitrogens with one attached hydrogen (secondary N) is 2. The van der Waals surface area contributed by atoms with E-state index in [9.17, 15) is 0 Å². The van der Waals surface area contributed by atoms with E-state index in [0.29, 0.717) is 0 Å². The highest BCUT2D eigenvalue weighted by atomic mass is 15.1. The van der Waals surface area contributed by atoms with Crippen molar-refractivity contribution in [1.29, 1.82) is 0 Å². The third-order valence-electron chi connectivity index (χ3n) is 3.23. The molecule has 1 saturated carbocycles. The van der Waals surface area contributed by atoms with Crippen LogP contribution >= 0.6 is 0 Å². The molecule has 0 spiro atoms. The normalized spacial score (nSPS) is 15.1. The van der Waals surface area contributed by atoms with E-state index < -0.39 is 0 Å². The zero-order valence-electron chi connectivity index (χ0n) is 9.82. The van der Waals surface area contributed by atoms with Crippen molar-refractivity contribution in [3.05, 3.63) is 53.3 Å². The first kappa shape index (κ1) is 10.5. The van der Waals surface area contributed by atoms with Gasteiger partial charge in [-0.05, 0) is 36.0 Å². The van der Waals surface area contributed by atoms with Gasteiger partial charge in [0.15, 0.2) is 0 Å². The van der Waals surface area contributed by atoms with Gasteiger partial charge in [0.2, 0.25) is 0 Å². The molecule has 3 nitrogen and oxygen atoms in total. The molecule has 2 aromatic rings.